The van der Waals surface area contributed by atoms with Crippen molar-refractivity contribution in [2.75, 3.05) is 13.9 Å². The molecule has 0 rings (SSSR count). The molecule has 0 aliphatic carbocycles. The maximum atomic E-state index is 11.1. The summed E-state index contributed by atoms with van der Waals surface area (Å²) in [6.45, 7) is 3.50. The fraction of sp³-hybridized carbons (Fsp3) is 1.00. The lowest BCUT2D eigenvalue weighted by molar-refractivity contribution is 0.404. The van der Waals surface area contributed by atoms with Crippen LogP contribution in [0.4, 0.5) is 8.78 Å². The highest BCUT2D eigenvalue weighted by Crippen LogP contribution is 1.88. The maximum absolute atomic E-state index is 11.1. The number of alkyl halides is 2. The lowest BCUT2D eigenvalue weighted by atomic mass is 10.3. The van der Waals surface area contributed by atoms with Crippen LogP contribution in [0.1, 0.15) is 13.8 Å². The molecule has 0 aliphatic heterocycles. The minimum atomic E-state index is -0.194. The summed E-state index contributed by atoms with van der Waals surface area (Å²) in [4.78, 5) is 0. The van der Waals surface area contributed by atoms with Crippen molar-refractivity contribution in [2.45, 2.75) is 13.8 Å². The van der Waals surface area contributed by atoms with Gasteiger partial charge in [-0.2, -0.15) is 0 Å². The molecular formula is C5H12F2. The predicted octanol–water partition coefficient (Wildman–Crippen LogP) is 2.20. The topological polar surface area (TPSA) is 0 Å². The second-order valence-electron chi connectivity index (χ2n) is 1.55. The molecule has 46 valence electrons. The molecule has 2 heteroatoms. The molecule has 0 atom stereocenters. The summed E-state index contributed by atoms with van der Waals surface area (Å²) in [5.74, 6) is 0.218. The van der Waals surface area contributed by atoms with Gasteiger partial charge in [0.1, 0.15) is 0 Å². The van der Waals surface area contributed by atoms with Crippen LogP contribution >= 0.6 is 0 Å². The first-order chi connectivity index (χ1) is 3.27. The van der Waals surface area contributed by atoms with Gasteiger partial charge >= 0.3 is 0 Å². The van der Waals surface area contributed by atoms with Crippen molar-refractivity contribution in [2.24, 2.45) is 5.92 Å². The Morgan fingerprint density at radius 1 is 1.29 bits per heavy atom. The van der Waals surface area contributed by atoms with E-state index in [2.05, 4.69) is 0 Å². The number of hydrogen-bond acceptors (Lipinski definition) is 0. The van der Waals surface area contributed by atoms with Crippen LogP contribution in [0.3, 0.4) is 0 Å². The molecule has 0 nitrogen and oxygen atoms in total. The zero-order valence-electron chi connectivity index (χ0n) is 5.04. The first-order valence-corrected chi connectivity index (χ1v) is 2.21. The third-order valence-corrected chi connectivity index (χ3v) is 0.309. The molecule has 0 bridgehead atoms. The van der Waals surface area contributed by atoms with E-state index in [1.54, 1.807) is 0 Å². The highest BCUT2D eigenvalue weighted by atomic mass is 19.1. The fourth-order valence-electron chi connectivity index (χ4n) is 0. The van der Waals surface area contributed by atoms with Crippen molar-refractivity contribution in [3.63, 3.8) is 0 Å². The molecule has 0 spiro atoms. The van der Waals surface area contributed by atoms with Crippen LogP contribution in [0.2, 0.25) is 0 Å². The molecule has 0 amide bonds. The van der Waals surface area contributed by atoms with E-state index in [0.29, 0.717) is 7.18 Å². The lowest BCUT2D eigenvalue weighted by Crippen LogP contribution is -1.84. The molecule has 0 aromatic rings. The number of hydrogen-bond donors (Lipinski definition) is 0. The van der Waals surface area contributed by atoms with E-state index in [1.807, 2.05) is 13.8 Å². The predicted molar refractivity (Wildman–Crippen MR) is 27.8 cm³/mol. The van der Waals surface area contributed by atoms with Crippen LogP contribution in [0.25, 0.3) is 0 Å². The van der Waals surface area contributed by atoms with Gasteiger partial charge in [0.15, 0.2) is 0 Å². The van der Waals surface area contributed by atoms with Crippen LogP contribution in [0, 0.1) is 5.92 Å². The van der Waals surface area contributed by atoms with Gasteiger partial charge in [-0.25, -0.2) is 0 Å². The average molecular weight is 110 g/mol. The van der Waals surface area contributed by atoms with Crippen molar-refractivity contribution in [1.29, 1.82) is 0 Å². The highest BCUT2D eigenvalue weighted by Gasteiger charge is 1.83. The highest BCUT2D eigenvalue weighted by molar-refractivity contribution is 4.33. The van der Waals surface area contributed by atoms with Gasteiger partial charge in [-0.05, 0) is 5.92 Å². The minimum absolute atomic E-state index is 0.194. The molecule has 0 fully saturated rings. The lowest BCUT2D eigenvalue weighted by Gasteiger charge is -1.87. The van der Waals surface area contributed by atoms with Gasteiger partial charge in [-0.3, -0.25) is 8.78 Å². The fourth-order valence-corrected chi connectivity index (χ4v) is 0. The Kier molecular flexibility index (Phi) is 13.2. The van der Waals surface area contributed by atoms with E-state index in [1.165, 1.54) is 0 Å². The van der Waals surface area contributed by atoms with Crippen LogP contribution in [-0.2, 0) is 0 Å². The van der Waals surface area contributed by atoms with Crippen LogP contribution < -0.4 is 0 Å². The minimum Gasteiger partial charge on any atom is -0.255 e. The molecule has 0 saturated heterocycles. The second kappa shape index (κ2) is 9.29. The van der Waals surface area contributed by atoms with Crippen molar-refractivity contribution >= 4 is 0 Å². The zero-order chi connectivity index (χ0) is 6.28. The Labute approximate surface area is 43.5 Å². The first-order valence-electron chi connectivity index (χ1n) is 2.21. The molecular weight excluding hydrogens is 98.1 g/mol. The normalized spacial score (nSPS) is 7.71. The summed E-state index contributed by atoms with van der Waals surface area (Å²) in [6, 6.07) is 0. The van der Waals surface area contributed by atoms with Crippen molar-refractivity contribution in [1.82, 2.24) is 0 Å². The van der Waals surface area contributed by atoms with Crippen LogP contribution in [0.5, 0.6) is 0 Å². The molecule has 7 heavy (non-hydrogen) atoms. The van der Waals surface area contributed by atoms with E-state index in [9.17, 15) is 8.78 Å². The van der Waals surface area contributed by atoms with E-state index in [4.69, 9.17) is 0 Å². The van der Waals surface area contributed by atoms with Gasteiger partial charge in [0.25, 0.3) is 0 Å². The third-order valence-electron chi connectivity index (χ3n) is 0.309. The van der Waals surface area contributed by atoms with Gasteiger partial charge < -0.3 is 0 Å². The van der Waals surface area contributed by atoms with Gasteiger partial charge in [0, 0.05) is 0 Å². The third kappa shape index (κ3) is 25.2. The van der Waals surface area contributed by atoms with E-state index >= 15 is 0 Å². The quantitative estimate of drug-likeness (QED) is 0.485. The summed E-state index contributed by atoms with van der Waals surface area (Å²) < 4.78 is 20.6. The van der Waals surface area contributed by atoms with E-state index < -0.39 is 0 Å². The maximum Gasteiger partial charge on any atom is 0.0917 e. The molecule has 0 aliphatic rings. The smallest absolute Gasteiger partial charge is 0.0917 e. The van der Waals surface area contributed by atoms with Crippen molar-refractivity contribution in [3.8, 4) is 0 Å². The van der Waals surface area contributed by atoms with Gasteiger partial charge in [0.2, 0.25) is 0 Å². The summed E-state index contributed by atoms with van der Waals surface area (Å²) >= 11 is 0. The van der Waals surface area contributed by atoms with Gasteiger partial charge in [-0.15, -0.1) is 0 Å². The van der Waals surface area contributed by atoms with Crippen LogP contribution in [-0.4, -0.2) is 13.9 Å². The van der Waals surface area contributed by atoms with Gasteiger partial charge in [-0.1, -0.05) is 13.8 Å². The standard InChI is InChI=1S/C4H9F.CH3F/c1-4(2)3-5;1-2/h4H,3H2,1-2H3;1H3. The molecule has 0 saturated carbocycles. The molecule has 0 radical (unpaired) electrons. The molecule has 0 aromatic heterocycles. The summed E-state index contributed by atoms with van der Waals surface area (Å²) in [5, 5.41) is 0. The SMILES string of the molecule is CC(C)CF.CF. The monoisotopic (exact) mass is 110 g/mol. The Morgan fingerprint density at radius 2 is 1.43 bits per heavy atom. The first kappa shape index (κ1) is 9.97. The zero-order valence-corrected chi connectivity index (χ0v) is 5.04. The summed E-state index contributed by atoms with van der Waals surface area (Å²) in [7, 11) is 0.500. The summed E-state index contributed by atoms with van der Waals surface area (Å²) in [6.07, 6.45) is 0. The van der Waals surface area contributed by atoms with Crippen LogP contribution in [0.15, 0.2) is 0 Å². The molecule has 0 N–H and O–H groups in total. The van der Waals surface area contributed by atoms with Crippen molar-refractivity contribution in [3.05, 3.63) is 0 Å². The van der Waals surface area contributed by atoms with Crippen molar-refractivity contribution < 1.29 is 8.78 Å². The largest absolute Gasteiger partial charge is 0.255 e. The Hall–Kier alpha value is -0.140. The molecule has 0 heterocycles. The van der Waals surface area contributed by atoms with Gasteiger partial charge in [0.05, 0.1) is 13.9 Å². The average Bonchev–Trinajstić information content (AvgIpc) is 1.73. The summed E-state index contributed by atoms with van der Waals surface area (Å²) in [5.41, 5.74) is 0. The number of halogens is 2. The number of rotatable bonds is 1. The Morgan fingerprint density at radius 3 is 1.43 bits per heavy atom. The Balaban J connectivity index is 0. The van der Waals surface area contributed by atoms with E-state index in [0.717, 1.165) is 0 Å². The second-order valence-corrected chi connectivity index (χ2v) is 1.55. The van der Waals surface area contributed by atoms with E-state index in [-0.39, 0.29) is 12.6 Å². The molecule has 0 aromatic carbocycles. The molecule has 0 unspecified atom stereocenters. The Bertz CT molecular complexity index is 20.0.